The molecule has 0 radical (unpaired) electrons. The van der Waals surface area contributed by atoms with Crippen molar-refractivity contribution in [2.75, 3.05) is 6.61 Å². The molecular formula is C22H25Cl2FN2O3. The molecule has 0 aromatic heterocycles. The lowest BCUT2D eigenvalue weighted by Crippen LogP contribution is -2.50. The summed E-state index contributed by atoms with van der Waals surface area (Å²) in [5, 5.41) is 3.71. The van der Waals surface area contributed by atoms with Gasteiger partial charge in [0, 0.05) is 22.6 Å². The second kappa shape index (κ2) is 11.2. The van der Waals surface area contributed by atoms with Crippen LogP contribution >= 0.6 is 23.2 Å². The summed E-state index contributed by atoms with van der Waals surface area (Å²) in [6, 6.07) is 9.91. The molecule has 0 saturated heterocycles. The van der Waals surface area contributed by atoms with Crippen LogP contribution in [0.5, 0.6) is 5.75 Å². The normalized spacial score (nSPS) is 12.7. The molecule has 0 heterocycles. The summed E-state index contributed by atoms with van der Waals surface area (Å²) in [6.45, 7) is 5.11. The first-order valence-electron chi connectivity index (χ1n) is 9.64. The number of benzene rings is 2. The Bertz CT molecular complexity index is 894. The van der Waals surface area contributed by atoms with Crippen LogP contribution in [0.25, 0.3) is 0 Å². The quantitative estimate of drug-likeness (QED) is 0.589. The van der Waals surface area contributed by atoms with Crippen molar-refractivity contribution in [1.82, 2.24) is 10.2 Å². The Morgan fingerprint density at radius 3 is 2.50 bits per heavy atom. The van der Waals surface area contributed by atoms with E-state index in [4.69, 9.17) is 27.9 Å². The van der Waals surface area contributed by atoms with E-state index in [0.29, 0.717) is 15.6 Å². The van der Waals surface area contributed by atoms with Gasteiger partial charge in [-0.15, -0.1) is 0 Å². The summed E-state index contributed by atoms with van der Waals surface area (Å²) in [4.78, 5) is 27.0. The number of hydrogen-bond donors (Lipinski definition) is 1. The maximum atomic E-state index is 13.8. The fourth-order valence-corrected chi connectivity index (χ4v) is 3.13. The van der Waals surface area contributed by atoms with Gasteiger partial charge in [0.1, 0.15) is 6.04 Å². The molecule has 30 heavy (non-hydrogen) atoms. The predicted molar refractivity (Wildman–Crippen MR) is 116 cm³/mol. The average Bonchev–Trinajstić information content (AvgIpc) is 2.71. The Hall–Kier alpha value is -2.31. The van der Waals surface area contributed by atoms with Crippen LogP contribution in [0.3, 0.4) is 0 Å². The molecule has 2 aromatic rings. The van der Waals surface area contributed by atoms with Crippen molar-refractivity contribution in [1.29, 1.82) is 0 Å². The van der Waals surface area contributed by atoms with Crippen molar-refractivity contribution >= 4 is 35.0 Å². The number of rotatable bonds is 9. The molecule has 0 aliphatic heterocycles. The van der Waals surface area contributed by atoms with Crippen molar-refractivity contribution in [2.24, 2.45) is 0 Å². The Kier molecular flexibility index (Phi) is 8.93. The molecule has 0 aliphatic rings. The third kappa shape index (κ3) is 6.61. The maximum absolute atomic E-state index is 13.8. The highest BCUT2D eigenvalue weighted by atomic mass is 35.5. The van der Waals surface area contributed by atoms with Crippen LogP contribution in [-0.2, 0) is 16.1 Å². The van der Waals surface area contributed by atoms with E-state index in [-0.39, 0.29) is 24.2 Å². The van der Waals surface area contributed by atoms with E-state index in [1.54, 1.807) is 31.2 Å². The monoisotopic (exact) mass is 454 g/mol. The molecule has 2 amide bonds. The van der Waals surface area contributed by atoms with Gasteiger partial charge in [-0.05, 0) is 50.1 Å². The van der Waals surface area contributed by atoms with Crippen LogP contribution < -0.4 is 10.1 Å². The molecule has 0 bridgehead atoms. The molecule has 0 fully saturated rings. The third-order valence-electron chi connectivity index (χ3n) is 4.71. The summed E-state index contributed by atoms with van der Waals surface area (Å²) in [5.41, 5.74) is 0.628. The maximum Gasteiger partial charge on any atom is 0.261 e. The summed E-state index contributed by atoms with van der Waals surface area (Å²) in [6.07, 6.45) is 0.756. The van der Waals surface area contributed by atoms with Crippen molar-refractivity contribution in [3.63, 3.8) is 0 Å². The zero-order valence-corrected chi connectivity index (χ0v) is 18.6. The molecular weight excluding hydrogens is 430 g/mol. The molecule has 162 valence electrons. The van der Waals surface area contributed by atoms with Crippen molar-refractivity contribution in [2.45, 2.75) is 45.8 Å². The summed E-state index contributed by atoms with van der Waals surface area (Å²) >= 11 is 12.2. The van der Waals surface area contributed by atoms with Gasteiger partial charge in [-0.2, -0.15) is 0 Å². The Morgan fingerprint density at radius 2 is 1.87 bits per heavy atom. The van der Waals surface area contributed by atoms with E-state index in [1.165, 1.54) is 23.1 Å². The van der Waals surface area contributed by atoms with Gasteiger partial charge in [-0.1, -0.05) is 48.3 Å². The average molecular weight is 455 g/mol. The van der Waals surface area contributed by atoms with Gasteiger partial charge >= 0.3 is 0 Å². The highest BCUT2D eigenvalue weighted by molar-refractivity contribution is 6.35. The molecule has 2 atom stereocenters. The summed E-state index contributed by atoms with van der Waals surface area (Å²) in [5.74, 6) is -1.38. The second-order valence-corrected chi connectivity index (χ2v) is 7.81. The Balaban J connectivity index is 2.21. The van der Waals surface area contributed by atoms with E-state index >= 15 is 0 Å². The molecule has 2 aromatic carbocycles. The molecule has 0 saturated carbocycles. The highest BCUT2D eigenvalue weighted by Crippen LogP contribution is 2.23. The van der Waals surface area contributed by atoms with Gasteiger partial charge in [0.2, 0.25) is 5.91 Å². The third-order valence-corrected chi connectivity index (χ3v) is 5.30. The number of ether oxygens (including phenoxy) is 1. The minimum absolute atomic E-state index is 0.0352. The van der Waals surface area contributed by atoms with Gasteiger partial charge < -0.3 is 15.0 Å². The van der Waals surface area contributed by atoms with Crippen LogP contribution in [0, 0.1) is 5.82 Å². The minimum atomic E-state index is -0.789. The fourth-order valence-electron chi connectivity index (χ4n) is 2.67. The predicted octanol–water partition coefficient (Wildman–Crippen LogP) is 4.84. The molecule has 0 unspecified atom stereocenters. The topological polar surface area (TPSA) is 58.6 Å². The molecule has 2 rings (SSSR count). The number of nitrogens with one attached hydrogen (secondary N) is 1. The smallest absolute Gasteiger partial charge is 0.261 e. The van der Waals surface area contributed by atoms with E-state index < -0.39 is 24.4 Å². The van der Waals surface area contributed by atoms with Crippen LogP contribution in [0.2, 0.25) is 10.0 Å². The second-order valence-electron chi connectivity index (χ2n) is 6.97. The number of halogens is 3. The first-order valence-corrected chi connectivity index (χ1v) is 10.4. The zero-order chi connectivity index (χ0) is 22.3. The fraction of sp³-hybridized carbons (Fsp3) is 0.364. The molecule has 5 nitrogen and oxygen atoms in total. The molecule has 8 heteroatoms. The lowest BCUT2D eigenvalue weighted by Gasteiger charge is -2.30. The highest BCUT2D eigenvalue weighted by Gasteiger charge is 2.28. The summed E-state index contributed by atoms with van der Waals surface area (Å²) in [7, 11) is 0. The lowest BCUT2D eigenvalue weighted by molar-refractivity contribution is -0.142. The van der Waals surface area contributed by atoms with E-state index in [0.717, 1.165) is 6.42 Å². The number of carbonyl (C=O) groups excluding carboxylic acids is 2. The van der Waals surface area contributed by atoms with Crippen LogP contribution in [0.1, 0.15) is 32.8 Å². The van der Waals surface area contributed by atoms with E-state index in [9.17, 15) is 14.0 Å². The Labute approximate surface area is 186 Å². The Morgan fingerprint density at radius 1 is 1.17 bits per heavy atom. The SMILES string of the molecule is CC[C@@H](C)NC(=O)[C@@H](C)N(Cc1ccc(Cl)cc1Cl)C(=O)COc1ccccc1F. The standard InChI is InChI=1S/C22H25Cl2FN2O3/c1-4-14(2)26-22(29)15(3)27(12-16-9-10-17(23)11-18(16)24)21(28)13-30-20-8-6-5-7-19(20)25/h5-11,14-15H,4,12-13H2,1-3H3,(H,26,29)/t14-,15-/m1/s1. The molecule has 0 aliphatic carbocycles. The number of para-hydroxylation sites is 1. The van der Waals surface area contributed by atoms with Gasteiger partial charge in [0.05, 0.1) is 0 Å². The lowest BCUT2D eigenvalue weighted by atomic mass is 10.1. The van der Waals surface area contributed by atoms with Crippen LogP contribution in [-0.4, -0.2) is 35.4 Å². The van der Waals surface area contributed by atoms with E-state index in [1.807, 2.05) is 13.8 Å². The molecule has 0 spiro atoms. The minimum Gasteiger partial charge on any atom is -0.481 e. The number of carbonyl (C=O) groups is 2. The first-order chi connectivity index (χ1) is 14.2. The zero-order valence-electron chi connectivity index (χ0n) is 17.1. The van der Waals surface area contributed by atoms with Gasteiger partial charge in [-0.3, -0.25) is 9.59 Å². The van der Waals surface area contributed by atoms with Gasteiger partial charge in [0.15, 0.2) is 18.2 Å². The number of nitrogens with zero attached hydrogens (tertiary/aromatic N) is 1. The van der Waals surface area contributed by atoms with E-state index in [2.05, 4.69) is 5.32 Å². The summed E-state index contributed by atoms with van der Waals surface area (Å²) < 4.78 is 19.2. The van der Waals surface area contributed by atoms with Crippen LogP contribution in [0.15, 0.2) is 42.5 Å². The number of hydrogen-bond acceptors (Lipinski definition) is 3. The molecule has 1 N–H and O–H groups in total. The van der Waals surface area contributed by atoms with Crippen molar-refractivity contribution in [3.05, 3.63) is 63.9 Å². The van der Waals surface area contributed by atoms with Gasteiger partial charge in [-0.25, -0.2) is 4.39 Å². The van der Waals surface area contributed by atoms with Crippen LogP contribution in [0.4, 0.5) is 4.39 Å². The van der Waals surface area contributed by atoms with Crippen molar-refractivity contribution in [3.8, 4) is 5.75 Å². The number of amides is 2. The largest absolute Gasteiger partial charge is 0.481 e. The van der Waals surface area contributed by atoms with Gasteiger partial charge in [0.25, 0.3) is 5.91 Å². The van der Waals surface area contributed by atoms with Crippen molar-refractivity contribution < 1.29 is 18.7 Å². The first kappa shape index (κ1) is 24.0.